The van der Waals surface area contributed by atoms with Crippen molar-refractivity contribution < 1.29 is 9.47 Å². The maximum atomic E-state index is 6.01. The highest BCUT2D eigenvalue weighted by Crippen LogP contribution is 2.35. The van der Waals surface area contributed by atoms with Crippen molar-refractivity contribution in [1.29, 1.82) is 0 Å². The molecule has 25 heavy (non-hydrogen) atoms. The summed E-state index contributed by atoms with van der Waals surface area (Å²) in [5, 5.41) is 3.94. The molecule has 0 fully saturated rings. The van der Waals surface area contributed by atoms with Gasteiger partial charge in [0, 0.05) is 36.7 Å². The lowest BCUT2D eigenvalue weighted by molar-refractivity contribution is 0.172. The number of nitrogens with zero attached hydrogens (tertiary/aromatic N) is 2. The Labute approximate surface area is 151 Å². The normalized spacial score (nSPS) is 13.4. The Balaban J connectivity index is 1.78. The highest BCUT2D eigenvalue weighted by molar-refractivity contribution is 6.30. The van der Waals surface area contributed by atoms with E-state index in [2.05, 4.69) is 9.88 Å². The Kier molecular flexibility index (Phi) is 4.51. The minimum Gasteiger partial charge on any atom is -0.486 e. The third-order valence-electron chi connectivity index (χ3n) is 4.34. The third kappa shape index (κ3) is 3.30. The number of halogens is 1. The fraction of sp³-hybridized carbons (Fsp3) is 0.316. The van der Waals surface area contributed by atoms with Gasteiger partial charge in [0.1, 0.15) is 19.0 Å². The second-order valence-electron chi connectivity index (χ2n) is 6.08. The molecule has 6 heteroatoms. The minimum absolute atomic E-state index is 0.580. The smallest absolute Gasteiger partial charge is 0.163 e. The second kappa shape index (κ2) is 6.94. The molecule has 0 radical (unpaired) electrons. The van der Waals surface area contributed by atoms with E-state index >= 15 is 0 Å². The first-order chi connectivity index (χ1) is 12.2. The standard InChI is InChI=1S/C19H20ClN3O2/c1-21-7-6-19-22-15-10-17-18(25-9-8-24-17)11-16(15)23(19)12-13-2-4-14(20)5-3-13/h2-5,10-11,21H,6-9,12H2,1H3. The zero-order chi connectivity index (χ0) is 17.2. The van der Waals surface area contributed by atoms with E-state index in [1.165, 1.54) is 5.56 Å². The summed E-state index contributed by atoms with van der Waals surface area (Å²) in [6, 6.07) is 12.0. The fourth-order valence-corrected chi connectivity index (χ4v) is 3.21. The Morgan fingerprint density at radius 3 is 2.56 bits per heavy atom. The Hall–Kier alpha value is -2.24. The molecule has 1 aromatic heterocycles. The van der Waals surface area contributed by atoms with Crippen molar-refractivity contribution in [2.45, 2.75) is 13.0 Å². The average molecular weight is 358 g/mol. The lowest BCUT2D eigenvalue weighted by atomic mass is 10.2. The second-order valence-corrected chi connectivity index (χ2v) is 6.52. The zero-order valence-corrected chi connectivity index (χ0v) is 14.8. The quantitative estimate of drug-likeness (QED) is 0.761. The van der Waals surface area contributed by atoms with E-state index in [0.717, 1.165) is 52.9 Å². The van der Waals surface area contributed by atoms with Crippen molar-refractivity contribution in [3.63, 3.8) is 0 Å². The maximum absolute atomic E-state index is 6.01. The number of aromatic nitrogens is 2. The molecule has 2 aromatic carbocycles. The number of hydrogen-bond acceptors (Lipinski definition) is 4. The number of ether oxygens (including phenoxy) is 2. The fourth-order valence-electron chi connectivity index (χ4n) is 3.09. The van der Waals surface area contributed by atoms with Crippen LogP contribution in [0, 0.1) is 0 Å². The molecule has 4 rings (SSSR count). The predicted molar refractivity (Wildman–Crippen MR) is 98.9 cm³/mol. The molecule has 0 atom stereocenters. The average Bonchev–Trinajstić information content (AvgIpc) is 2.96. The van der Waals surface area contributed by atoms with Crippen LogP contribution in [0.15, 0.2) is 36.4 Å². The molecule has 0 saturated carbocycles. The number of nitrogens with one attached hydrogen (secondary N) is 1. The molecule has 0 saturated heterocycles. The lowest BCUT2D eigenvalue weighted by Crippen LogP contribution is -2.15. The van der Waals surface area contributed by atoms with Crippen LogP contribution in [0.5, 0.6) is 11.5 Å². The molecule has 3 aromatic rings. The van der Waals surface area contributed by atoms with E-state index in [0.29, 0.717) is 13.2 Å². The van der Waals surface area contributed by atoms with Crippen molar-refractivity contribution in [3.05, 3.63) is 52.8 Å². The lowest BCUT2D eigenvalue weighted by Gasteiger charge is -2.18. The van der Waals surface area contributed by atoms with Crippen LogP contribution in [-0.4, -0.2) is 36.4 Å². The van der Waals surface area contributed by atoms with Gasteiger partial charge in [-0.2, -0.15) is 0 Å². The van der Waals surface area contributed by atoms with Crippen LogP contribution in [0.1, 0.15) is 11.4 Å². The summed E-state index contributed by atoms with van der Waals surface area (Å²) in [5.41, 5.74) is 3.18. The molecule has 130 valence electrons. The molecule has 1 aliphatic rings. The highest BCUT2D eigenvalue weighted by Gasteiger charge is 2.18. The molecule has 5 nitrogen and oxygen atoms in total. The molecule has 1 aliphatic heterocycles. The Morgan fingerprint density at radius 1 is 1.12 bits per heavy atom. The van der Waals surface area contributed by atoms with Gasteiger partial charge in [0.05, 0.1) is 11.0 Å². The van der Waals surface area contributed by atoms with Crippen molar-refractivity contribution in [2.24, 2.45) is 0 Å². The first kappa shape index (κ1) is 16.2. The van der Waals surface area contributed by atoms with E-state index in [-0.39, 0.29) is 0 Å². The van der Waals surface area contributed by atoms with Crippen LogP contribution >= 0.6 is 11.6 Å². The summed E-state index contributed by atoms with van der Waals surface area (Å²) in [7, 11) is 1.95. The largest absolute Gasteiger partial charge is 0.486 e. The summed E-state index contributed by atoms with van der Waals surface area (Å²) >= 11 is 6.01. The topological polar surface area (TPSA) is 48.3 Å². The summed E-state index contributed by atoms with van der Waals surface area (Å²) < 4.78 is 13.7. The van der Waals surface area contributed by atoms with E-state index in [9.17, 15) is 0 Å². The van der Waals surface area contributed by atoms with Crippen LogP contribution < -0.4 is 14.8 Å². The van der Waals surface area contributed by atoms with E-state index in [4.69, 9.17) is 26.1 Å². The third-order valence-corrected chi connectivity index (χ3v) is 4.60. The van der Waals surface area contributed by atoms with Crippen LogP contribution in [0.4, 0.5) is 0 Å². The van der Waals surface area contributed by atoms with Crippen molar-refractivity contribution in [1.82, 2.24) is 14.9 Å². The summed E-state index contributed by atoms with van der Waals surface area (Å²) in [5.74, 6) is 2.60. The minimum atomic E-state index is 0.580. The Morgan fingerprint density at radius 2 is 1.84 bits per heavy atom. The molecule has 1 N–H and O–H groups in total. The number of benzene rings is 2. The highest BCUT2D eigenvalue weighted by atomic mass is 35.5. The zero-order valence-electron chi connectivity index (χ0n) is 14.1. The molecule has 2 heterocycles. The first-order valence-electron chi connectivity index (χ1n) is 8.42. The number of rotatable bonds is 5. The molecule has 0 unspecified atom stereocenters. The van der Waals surface area contributed by atoms with Gasteiger partial charge in [0.15, 0.2) is 11.5 Å². The van der Waals surface area contributed by atoms with Gasteiger partial charge in [0.2, 0.25) is 0 Å². The SMILES string of the molecule is CNCCc1nc2cc3c(cc2n1Cc1ccc(Cl)cc1)OCCO3. The number of hydrogen-bond donors (Lipinski definition) is 1. The number of imidazole rings is 1. The van der Waals surface area contributed by atoms with Crippen LogP contribution in [0.3, 0.4) is 0 Å². The van der Waals surface area contributed by atoms with Crippen molar-refractivity contribution in [2.75, 3.05) is 26.8 Å². The predicted octanol–water partition coefficient (Wildman–Crippen LogP) is 3.27. The van der Waals surface area contributed by atoms with Gasteiger partial charge in [-0.05, 0) is 24.7 Å². The monoisotopic (exact) mass is 357 g/mol. The molecule has 0 amide bonds. The Bertz CT molecular complexity index is 890. The van der Waals surface area contributed by atoms with E-state index in [1.54, 1.807) is 0 Å². The van der Waals surface area contributed by atoms with E-state index in [1.807, 2.05) is 43.4 Å². The van der Waals surface area contributed by atoms with Gasteiger partial charge in [0.25, 0.3) is 0 Å². The maximum Gasteiger partial charge on any atom is 0.163 e. The first-order valence-corrected chi connectivity index (χ1v) is 8.80. The van der Waals surface area contributed by atoms with E-state index < -0.39 is 0 Å². The van der Waals surface area contributed by atoms with Crippen LogP contribution in [-0.2, 0) is 13.0 Å². The van der Waals surface area contributed by atoms with Gasteiger partial charge in [-0.25, -0.2) is 4.98 Å². The molecular weight excluding hydrogens is 338 g/mol. The van der Waals surface area contributed by atoms with Gasteiger partial charge < -0.3 is 19.4 Å². The molecular formula is C19H20ClN3O2. The molecule has 0 spiro atoms. The van der Waals surface area contributed by atoms with Gasteiger partial charge in [-0.1, -0.05) is 23.7 Å². The summed E-state index contributed by atoms with van der Waals surface area (Å²) in [6.45, 7) is 2.77. The van der Waals surface area contributed by atoms with Gasteiger partial charge >= 0.3 is 0 Å². The van der Waals surface area contributed by atoms with Crippen molar-refractivity contribution >= 4 is 22.6 Å². The number of likely N-dealkylation sites (N-methyl/N-ethyl adjacent to an activating group) is 1. The van der Waals surface area contributed by atoms with Gasteiger partial charge in [-0.15, -0.1) is 0 Å². The molecule has 0 bridgehead atoms. The number of fused-ring (bicyclic) bond motifs is 2. The molecule has 0 aliphatic carbocycles. The summed E-state index contributed by atoms with van der Waals surface area (Å²) in [6.07, 6.45) is 0.852. The van der Waals surface area contributed by atoms with Gasteiger partial charge in [-0.3, -0.25) is 0 Å². The van der Waals surface area contributed by atoms with Crippen LogP contribution in [0.25, 0.3) is 11.0 Å². The summed E-state index contributed by atoms with van der Waals surface area (Å²) in [4.78, 5) is 4.83. The van der Waals surface area contributed by atoms with Crippen molar-refractivity contribution in [3.8, 4) is 11.5 Å². The van der Waals surface area contributed by atoms with Crippen LogP contribution in [0.2, 0.25) is 5.02 Å².